The molecule has 5 rings (SSSR count). The maximum Gasteiger partial charge on any atom is 0.410 e. The van der Waals surface area contributed by atoms with E-state index in [-0.39, 0.29) is 17.2 Å². The molecule has 178 valence electrons. The molecule has 4 aromatic rings. The Morgan fingerprint density at radius 1 is 1.15 bits per heavy atom. The lowest BCUT2D eigenvalue weighted by Gasteiger charge is -2.35. The molecule has 0 aliphatic carbocycles. The quantitative estimate of drug-likeness (QED) is 0.423. The second-order valence-corrected chi connectivity index (χ2v) is 10.2. The second-order valence-electron chi connectivity index (χ2n) is 9.19. The van der Waals surface area contributed by atoms with Crippen LogP contribution in [0.15, 0.2) is 33.6 Å². The van der Waals surface area contributed by atoms with Crippen LogP contribution < -0.4 is 10.5 Å². The SMILES string of the molecule is Cc1nc2c(F)cc(-c3cc(=O)n4cc(N5CCN(C(=O)OC(C)(C)C)CC5)sc4n3)cc2o1. The van der Waals surface area contributed by atoms with Gasteiger partial charge in [-0.2, -0.15) is 0 Å². The van der Waals surface area contributed by atoms with Gasteiger partial charge in [-0.1, -0.05) is 11.3 Å². The molecule has 4 heterocycles. The molecule has 0 unspecified atom stereocenters. The molecule has 1 saturated heterocycles. The summed E-state index contributed by atoms with van der Waals surface area (Å²) in [4.78, 5) is 38.1. The van der Waals surface area contributed by atoms with E-state index in [0.29, 0.717) is 53.9 Å². The highest BCUT2D eigenvalue weighted by atomic mass is 32.1. The van der Waals surface area contributed by atoms with Gasteiger partial charge in [0.05, 0.1) is 5.69 Å². The normalized spacial score (nSPS) is 14.9. The Labute approximate surface area is 198 Å². The summed E-state index contributed by atoms with van der Waals surface area (Å²) >= 11 is 1.37. The van der Waals surface area contributed by atoms with Gasteiger partial charge in [0.1, 0.15) is 16.1 Å². The first-order chi connectivity index (χ1) is 16.1. The summed E-state index contributed by atoms with van der Waals surface area (Å²) in [6, 6.07) is 4.34. The maximum absolute atomic E-state index is 14.5. The summed E-state index contributed by atoms with van der Waals surface area (Å²) in [5.41, 5.74) is 0.477. The number of oxazole rings is 1. The van der Waals surface area contributed by atoms with Gasteiger partial charge >= 0.3 is 6.09 Å². The van der Waals surface area contributed by atoms with Crippen molar-refractivity contribution in [3.8, 4) is 11.3 Å². The van der Waals surface area contributed by atoms with Crippen LogP contribution in [-0.4, -0.2) is 57.1 Å². The minimum atomic E-state index is -0.538. The van der Waals surface area contributed by atoms with Crippen LogP contribution in [0.1, 0.15) is 26.7 Å². The lowest BCUT2D eigenvalue weighted by Crippen LogP contribution is -2.50. The molecule has 0 bridgehead atoms. The lowest BCUT2D eigenvalue weighted by molar-refractivity contribution is 0.0241. The fourth-order valence-corrected chi connectivity index (χ4v) is 4.91. The number of hydrogen-bond donors (Lipinski definition) is 0. The molecule has 0 N–H and O–H groups in total. The summed E-state index contributed by atoms with van der Waals surface area (Å²) in [7, 11) is 0. The first-order valence-corrected chi connectivity index (χ1v) is 11.7. The van der Waals surface area contributed by atoms with Crippen molar-refractivity contribution in [2.24, 2.45) is 0 Å². The summed E-state index contributed by atoms with van der Waals surface area (Å²) in [5.74, 6) is -0.162. The Balaban J connectivity index is 1.39. The molecule has 1 aromatic carbocycles. The number of thiazole rings is 1. The van der Waals surface area contributed by atoms with Crippen LogP contribution in [0.2, 0.25) is 0 Å². The van der Waals surface area contributed by atoms with E-state index < -0.39 is 11.4 Å². The lowest BCUT2D eigenvalue weighted by atomic mass is 10.1. The monoisotopic (exact) mass is 485 g/mol. The smallest absolute Gasteiger partial charge is 0.410 e. The van der Waals surface area contributed by atoms with E-state index >= 15 is 0 Å². The van der Waals surface area contributed by atoms with Gasteiger partial charge in [0, 0.05) is 50.9 Å². The van der Waals surface area contributed by atoms with Crippen molar-refractivity contribution in [1.29, 1.82) is 0 Å². The molecule has 1 aliphatic rings. The number of aromatic nitrogens is 3. The van der Waals surface area contributed by atoms with E-state index in [0.717, 1.165) is 5.00 Å². The van der Waals surface area contributed by atoms with Gasteiger partial charge in [0.2, 0.25) is 0 Å². The molecule has 0 atom stereocenters. The van der Waals surface area contributed by atoms with Gasteiger partial charge in [0.25, 0.3) is 5.56 Å². The predicted octanol–water partition coefficient (Wildman–Crippen LogP) is 4.07. The molecule has 1 amide bonds. The third-order valence-corrected chi connectivity index (χ3v) is 6.49. The van der Waals surface area contributed by atoms with E-state index in [2.05, 4.69) is 14.9 Å². The number of benzene rings is 1. The molecule has 3 aromatic heterocycles. The first-order valence-electron chi connectivity index (χ1n) is 10.9. The van der Waals surface area contributed by atoms with Gasteiger partial charge in [-0.05, 0) is 32.9 Å². The minimum Gasteiger partial charge on any atom is -0.444 e. The molecule has 9 nitrogen and oxygen atoms in total. The molecular weight excluding hydrogens is 461 g/mol. The van der Waals surface area contributed by atoms with Crippen molar-refractivity contribution in [1.82, 2.24) is 19.3 Å². The fourth-order valence-electron chi connectivity index (χ4n) is 3.87. The average molecular weight is 486 g/mol. The standard InChI is InChI=1S/C23H24FN5O4S/c1-13-25-20-15(24)9-14(10-17(20)32-13)16-11-18(30)29-12-19(34-21(29)26-16)27-5-7-28(8-6-27)22(31)33-23(2,3)4/h9-12H,5-8H2,1-4H3. The van der Waals surface area contributed by atoms with Crippen LogP contribution >= 0.6 is 11.3 Å². The van der Waals surface area contributed by atoms with Crippen LogP contribution in [0.3, 0.4) is 0 Å². The molecule has 0 spiro atoms. The Bertz CT molecular complexity index is 1460. The van der Waals surface area contributed by atoms with Crippen molar-refractivity contribution in [2.75, 3.05) is 31.1 Å². The van der Waals surface area contributed by atoms with Crippen LogP contribution in [0.5, 0.6) is 0 Å². The molecule has 0 saturated carbocycles. The minimum absolute atomic E-state index is 0.156. The Morgan fingerprint density at radius 2 is 1.88 bits per heavy atom. The number of aryl methyl sites for hydroxylation is 1. The molecule has 11 heteroatoms. The highest BCUT2D eigenvalue weighted by molar-refractivity contribution is 7.20. The van der Waals surface area contributed by atoms with E-state index in [1.54, 1.807) is 24.1 Å². The number of amides is 1. The number of anilines is 1. The van der Waals surface area contributed by atoms with Crippen LogP contribution in [-0.2, 0) is 4.74 Å². The number of piperazine rings is 1. The summed E-state index contributed by atoms with van der Waals surface area (Å²) in [6.07, 6.45) is 1.43. The van der Waals surface area contributed by atoms with Crippen molar-refractivity contribution in [2.45, 2.75) is 33.3 Å². The first kappa shape index (κ1) is 22.3. The van der Waals surface area contributed by atoms with Crippen LogP contribution in [0.25, 0.3) is 27.3 Å². The number of rotatable bonds is 2. The molecule has 0 radical (unpaired) electrons. The molecule has 34 heavy (non-hydrogen) atoms. The highest BCUT2D eigenvalue weighted by Gasteiger charge is 2.27. The number of nitrogens with zero attached hydrogens (tertiary/aromatic N) is 5. The van der Waals surface area contributed by atoms with E-state index in [9.17, 15) is 14.0 Å². The van der Waals surface area contributed by atoms with Crippen molar-refractivity contribution in [3.05, 3.63) is 46.5 Å². The number of ether oxygens (including phenoxy) is 1. The Kier molecular flexibility index (Phi) is 5.31. The molecule has 1 aliphatic heterocycles. The van der Waals surface area contributed by atoms with Crippen LogP contribution in [0.4, 0.5) is 14.2 Å². The number of carbonyl (C=O) groups is 1. The Hall–Kier alpha value is -3.47. The zero-order chi connectivity index (χ0) is 24.2. The fraction of sp³-hybridized carbons (Fsp3) is 0.391. The largest absolute Gasteiger partial charge is 0.444 e. The third-order valence-electron chi connectivity index (χ3n) is 5.45. The number of halogens is 1. The zero-order valence-electron chi connectivity index (χ0n) is 19.3. The highest BCUT2D eigenvalue weighted by Crippen LogP contribution is 2.30. The predicted molar refractivity (Wildman–Crippen MR) is 127 cm³/mol. The van der Waals surface area contributed by atoms with Crippen molar-refractivity contribution < 1.29 is 18.3 Å². The number of fused-ring (bicyclic) bond motifs is 2. The second kappa shape index (κ2) is 8.08. The summed E-state index contributed by atoms with van der Waals surface area (Å²) < 4.78 is 26.9. The molecule has 1 fully saturated rings. The number of hydrogen-bond acceptors (Lipinski definition) is 8. The van der Waals surface area contributed by atoms with Crippen molar-refractivity contribution in [3.63, 3.8) is 0 Å². The van der Waals surface area contributed by atoms with Gasteiger partial charge in [0.15, 0.2) is 22.3 Å². The average Bonchev–Trinajstić information content (AvgIpc) is 3.36. The van der Waals surface area contributed by atoms with Crippen molar-refractivity contribution >= 4 is 38.5 Å². The van der Waals surface area contributed by atoms with Gasteiger partial charge in [-0.3, -0.25) is 9.20 Å². The van der Waals surface area contributed by atoms with E-state index in [1.807, 2.05) is 20.8 Å². The topological polar surface area (TPSA) is 93.2 Å². The number of carbonyl (C=O) groups excluding carboxylic acids is 1. The van der Waals surface area contributed by atoms with Gasteiger partial charge < -0.3 is 19.0 Å². The maximum atomic E-state index is 14.5. The van der Waals surface area contributed by atoms with Crippen LogP contribution in [0, 0.1) is 12.7 Å². The molecular formula is C23H24FN5O4S. The van der Waals surface area contributed by atoms with E-state index in [1.165, 1.54) is 27.9 Å². The van der Waals surface area contributed by atoms with Gasteiger partial charge in [-0.25, -0.2) is 19.2 Å². The summed E-state index contributed by atoms with van der Waals surface area (Å²) in [5, 5.41) is 0.873. The van der Waals surface area contributed by atoms with E-state index in [4.69, 9.17) is 9.15 Å². The van der Waals surface area contributed by atoms with Gasteiger partial charge in [-0.15, -0.1) is 0 Å². The zero-order valence-corrected chi connectivity index (χ0v) is 20.1. The summed E-state index contributed by atoms with van der Waals surface area (Å²) in [6.45, 7) is 9.44. The Morgan fingerprint density at radius 3 is 2.59 bits per heavy atom. The third kappa shape index (κ3) is 4.23.